The molecular formula is C25H36F3N7O3. The van der Waals surface area contributed by atoms with Gasteiger partial charge in [0.2, 0.25) is 11.9 Å². The predicted octanol–water partition coefficient (Wildman–Crippen LogP) is 3.32. The number of rotatable bonds is 5. The number of carbonyl (C=O) groups is 2. The van der Waals surface area contributed by atoms with Gasteiger partial charge in [0.05, 0.1) is 5.69 Å². The Kier molecular flexibility index (Phi) is 8.57. The molecule has 10 nitrogen and oxygen atoms in total. The largest absolute Gasteiger partial charge is 0.444 e. The fraction of sp³-hybridized carbons (Fsp3) is 0.640. The number of anilines is 1. The molecule has 0 unspecified atom stereocenters. The molecule has 2 saturated heterocycles. The first-order valence-electron chi connectivity index (χ1n) is 12.5. The van der Waals surface area contributed by atoms with E-state index < -0.39 is 23.6 Å². The molecule has 2 N–H and O–H groups in total. The van der Waals surface area contributed by atoms with Crippen LogP contribution < -0.4 is 10.6 Å². The minimum Gasteiger partial charge on any atom is -0.444 e. The number of ether oxygens (including phenoxy) is 1. The fourth-order valence-corrected chi connectivity index (χ4v) is 4.23. The fourth-order valence-electron chi connectivity index (χ4n) is 4.23. The molecule has 3 rings (SSSR count). The molecule has 0 spiro atoms. The molecule has 0 aliphatic carbocycles. The maximum atomic E-state index is 13.5. The van der Waals surface area contributed by atoms with Gasteiger partial charge in [0.25, 0.3) is 0 Å². The van der Waals surface area contributed by atoms with Crippen LogP contribution in [-0.2, 0) is 15.7 Å². The van der Waals surface area contributed by atoms with Crippen molar-refractivity contribution in [2.45, 2.75) is 77.9 Å². The lowest BCUT2D eigenvalue weighted by Crippen LogP contribution is -2.60. The Bertz CT molecular complexity index is 1100. The summed E-state index contributed by atoms with van der Waals surface area (Å²) in [4.78, 5) is 42.5. The van der Waals surface area contributed by atoms with E-state index >= 15 is 0 Å². The third-order valence-corrected chi connectivity index (χ3v) is 6.45. The summed E-state index contributed by atoms with van der Waals surface area (Å²) in [6, 6.07) is 0.309. The van der Waals surface area contributed by atoms with Crippen LogP contribution in [0.15, 0.2) is 17.3 Å². The van der Waals surface area contributed by atoms with Gasteiger partial charge in [0, 0.05) is 55.7 Å². The molecule has 3 heterocycles. The number of nitrogens with two attached hydrogens (primary N) is 1. The lowest BCUT2D eigenvalue weighted by Gasteiger charge is -2.44. The summed E-state index contributed by atoms with van der Waals surface area (Å²) in [7, 11) is 0. The first-order chi connectivity index (χ1) is 17.6. The number of aromatic nitrogens is 2. The van der Waals surface area contributed by atoms with Crippen LogP contribution in [-0.4, -0.2) is 87.9 Å². The highest BCUT2D eigenvalue weighted by molar-refractivity contribution is 6.09. The molecule has 210 valence electrons. The average molecular weight is 540 g/mol. The Morgan fingerprint density at radius 2 is 1.74 bits per heavy atom. The van der Waals surface area contributed by atoms with Crippen LogP contribution in [0.25, 0.3) is 5.57 Å². The number of hydrogen-bond acceptors (Lipinski definition) is 8. The predicted molar refractivity (Wildman–Crippen MR) is 138 cm³/mol. The van der Waals surface area contributed by atoms with Crippen molar-refractivity contribution in [1.29, 1.82) is 0 Å². The molecule has 0 bridgehead atoms. The molecule has 0 saturated carbocycles. The van der Waals surface area contributed by atoms with E-state index in [1.807, 2.05) is 20.8 Å². The molecule has 13 heteroatoms. The number of alkyl halides is 3. The van der Waals surface area contributed by atoms with Crippen LogP contribution in [0.5, 0.6) is 0 Å². The number of hydrogen-bond donors (Lipinski definition) is 1. The average Bonchev–Trinajstić information content (AvgIpc) is 2.80. The van der Waals surface area contributed by atoms with Crippen molar-refractivity contribution in [1.82, 2.24) is 19.8 Å². The summed E-state index contributed by atoms with van der Waals surface area (Å²) < 4.78 is 46.0. The zero-order valence-corrected chi connectivity index (χ0v) is 22.6. The number of amides is 2. The molecular weight excluding hydrogens is 503 g/mol. The van der Waals surface area contributed by atoms with Crippen molar-refractivity contribution >= 4 is 29.7 Å². The molecule has 2 aliphatic rings. The second kappa shape index (κ2) is 11.2. The summed E-state index contributed by atoms with van der Waals surface area (Å²) >= 11 is 0. The van der Waals surface area contributed by atoms with Crippen molar-refractivity contribution < 1.29 is 27.5 Å². The number of halogens is 3. The Morgan fingerprint density at radius 1 is 1.11 bits per heavy atom. The summed E-state index contributed by atoms with van der Waals surface area (Å²) in [6.07, 6.45) is -1.92. The molecule has 38 heavy (non-hydrogen) atoms. The van der Waals surface area contributed by atoms with Gasteiger partial charge in [0.15, 0.2) is 5.69 Å². The highest BCUT2D eigenvalue weighted by Gasteiger charge is 2.37. The van der Waals surface area contributed by atoms with E-state index in [1.54, 1.807) is 35.5 Å². The number of carbonyl (C=O) groups excluding carboxylic acids is 2. The lowest BCUT2D eigenvalue weighted by molar-refractivity contribution is -0.141. The third kappa shape index (κ3) is 6.93. The molecule has 2 fully saturated rings. The van der Waals surface area contributed by atoms with Crippen molar-refractivity contribution in [3.63, 3.8) is 0 Å². The smallest absolute Gasteiger partial charge is 0.433 e. The van der Waals surface area contributed by atoms with Crippen molar-refractivity contribution in [2.24, 2.45) is 10.7 Å². The van der Waals surface area contributed by atoms with E-state index in [2.05, 4.69) is 15.0 Å². The minimum atomic E-state index is -4.67. The standard InChI is InChI=1S/C25H36F3N7O3/c1-15-7-8-33(15)22-31-19(9-20(32-22)25(26,27)28)18(10-29)11-30-12-21(36)34-13-17(3)35(14-16(34)2)23(37)38-24(4,5)6/h9-11,15-17H,7-8,12-14,29H2,1-6H3/t15-,16-,17+/m0/s1. The first-order valence-corrected chi connectivity index (χ1v) is 12.5. The van der Waals surface area contributed by atoms with Gasteiger partial charge < -0.3 is 25.2 Å². The minimum absolute atomic E-state index is 0.0249. The highest BCUT2D eigenvalue weighted by Crippen LogP contribution is 2.32. The number of aliphatic imine (C=N–C) groups is 1. The highest BCUT2D eigenvalue weighted by atomic mass is 19.4. The summed E-state index contributed by atoms with van der Waals surface area (Å²) in [5.41, 5.74) is 4.09. The Morgan fingerprint density at radius 3 is 2.26 bits per heavy atom. The van der Waals surface area contributed by atoms with E-state index in [0.717, 1.165) is 18.7 Å². The molecule has 1 aromatic rings. The quantitative estimate of drug-likeness (QED) is 0.571. The number of piperazine rings is 1. The van der Waals surface area contributed by atoms with Crippen LogP contribution in [0.1, 0.15) is 59.4 Å². The van der Waals surface area contributed by atoms with Crippen molar-refractivity contribution in [3.05, 3.63) is 23.7 Å². The molecule has 0 radical (unpaired) electrons. The summed E-state index contributed by atoms with van der Waals surface area (Å²) in [5.74, 6) is -0.308. The van der Waals surface area contributed by atoms with E-state index in [4.69, 9.17) is 10.5 Å². The van der Waals surface area contributed by atoms with Gasteiger partial charge in [-0.25, -0.2) is 14.8 Å². The van der Waals surface area contributed by atoms with Gasteiger partial charge >= 0.3 is 12.3 Å². The maximum absolute atomic E-state index is 13.5. The van der Waals surface area contributed by atoms with Gasteiger partial charge in [0.1, 0.15) is 12.1 Å². The third-order valence-electron chi connectivity index (χ3n) is 6.45. The molecule has 2 amide bonds. The van der Waals surface area contributed by atoms with Gasteiger partial charge in [-0.2, -0.15) is 13.2 Å². The summed E-state index contributed by atoms with van der Waals surface area (Å²) in [5, 5.41) is 0. The van der Waals surface area contributed by atoms with Crippen LogP contribution in [0.2, 0.25) is 0 Å². The zero-order chi connectivity index (χ0) is 28.4. The Labute approximate surface area is 220 Å². The molecule has 1 aromatic heterocycles. The van der Waals surface area contributed by atoms with Crippen LogP contribution >= 0.6 is 0 Å². The van der Waals surface area contributed by atoms with Gasteiger partial charge in [-0.05, 0) is 54.0 Å². The molecule has 2 aliphatic heterocycles. The number of allylic oxidation sites excluding steroid dienone is 1. The van der Waals surface area contributed by atoms with E-state index in [9.17, 15) is 22.8 Å². The van der Waals surface area contributed by atoms with Crippen LogP contribution in [0, 0.1) is 0 Å². The molecule has 0 aromatic carbocycles. The second-order valence-corrected chi connectivity index (χ2v) is 10.7. The maximum Gasteiger partial charge on any atom is 0.433 e. The monoisotopic (exact) mass is 539 g/mol. The van der Waals surface area contributed by atoms with E-state index in [1.165, 1.54) is 6.21 Å². The first kappa shape index (κ1) is 29.2. The number of nitrogens with zero attached hydrogens (tertiary/aromatic N) is 6. The molecule has 3 atom stereocenters. The zero-order valence-electron chi connectivity index (χ0n) is 22.6. The van der Waals surface area contributed by atoms with Crippen LogP contribution in [0.3, 0.4) is 0 Å². The lowest BCUT2D eigenvalue weighted by atomic mass is 10.1. The summed E-state index contributed by atoms with van der Waals surface area (Å²) in [6.45, 7) is 11.8. The van der Waals surface area contributed by atoms with E-state index in [-0.39, 0.29) is 47.8 Å². The topological polar surface area (TPSA) is 117 Å². The normalized spacial score (nSPS) is 23.0. The van der Waals surface area contributed by atoms with Gasteiger partial charge in [-0.15, -0.1) is 0 Å². The van der Waals surface area contributed by atoms with E-state index in [0.29, 0.717) is 19.6 Å². The van der Waals surface area contributed by atoms with Crippen LogP contribution in [0.4, 0.5) is 23.9 Å². The Hall–Kier alpha value is -3.38. The van der Waals surface area contributed by atoms with Crippen molar-refractivity contribution in [2.75, 3.05) is 31.1 Å². The van der Waals surface area contributed by atoms with Gasteiger partial charge in [-0.3, -0.25) is 9.79 Å². The second-order valence-electron chi connectivity index (χ2n) is 10.7. The van der Waals surface area contributed by atoms with Gasteiger partial charge in [-0.1, -0.05) is 0 Å². The Balaban J connectivity index is 1.70. The SMILES string of the molecule is C[C@@H]1CN(C(=O)CN=CC(=CN)c2cc(C(F)(F)F)nc(N3CC[C@@H]3C)n2)[C@@H](C)CN1C(=O)OC(C)(C)C. The van der Waals surface area contributed by atoms with Crippen molar-refractivity contribution in [3.8, 4) is 0 Å².